The average molecular weight is 271 g/mol. The Labute approximate surface area is 100 Å². The largest absolute Gasteiger partial charge is 0.240 e. The summed E-state index contributed by atoms with van der Waals surface area (Å²) in [4.78, 5) is 13.3. The lowest BCUT2D eigenvalue weighted by Gasteiger charge is -2.12. The highest BCUT2D eigenvalue weighted by molar-refractivity contribution is 6.67. The van der Waals surface area contributed by atoms with Gasteiger partial charge in [0.2, 0.25) is 9.87 Å². The fourth-order valence-corrected chi connectivity index (χ4v) is 1.81. The Morgan fingerprint density at radius 1 is 1.29 bits per heavy atom. The van der Waals surface area contributed by atoms with Gasteiger partial charge in [-0.1, -0.05) is 52.5 Å². The van der Waals surface area contributed by atoms with Gasteiger partial charge in [0.25, 0.3) is 0 Å². The first-order valence-electron chi connectivity index (χ1n) is 3.40. The Morgan fingerprint density at radius 3 is 2.36 bits per heavy atom. The van der Waals surface area contributed by atoms with Crippen molar-refractivity contribution >= 4 is 58.2 Å². The van der Waals surface area contributed by atoms with E-state index in [-0.39, 0.29) is 5.02 Å². The van der Waals surface area contributed by atoms with Crippen LogP contribution in [-0.2, 0) is 8.59 Å². The molecular weight excluding hydrogens is 268 g/mol. The molecule has 1 rings (SSSR count). The topological polar surface area (TPSA) is 29.4 Å². The molecule has 0 spiro atoms. The van der Waals surface area contributed by atoms with Gasteiger partial charge in [-0.2, -0.15) is 4.99 Å². The first-order valence-corrected chi connectivity index (χ1v) is 4.91. The molecule has 0 amide bonds. The molecule has 0 bridgehead atoms. The molecule has 0 heterocycles. The van der Waals surface area contributed by atoms with Crippen LogP contribution >= 0.6 is 46.4 Å². The van der Waals surface area contributed by atoms with Crippen LogP contribution in [0.15, 0.2) is 23.2 Å². The lowest BCUT2D eigenvalue weighted by atomic mass is 10.2. The smallest absolute Gasteiger partial charge is 0.211 e. The first kappa shape index (κ1) is 11.8. The van der Waals surface area contributed by atoms with Crippen molar-refractivity contribution in [3.63, 3.8) is 0 Å². The second-order valence-electron chi connectivity index (χ2n) is 2.36. The Bertz CT molecular complexity index is 393. The maximum Gasteiger partial charge on any atom is 0.240 e. The maximum atomic E-state index is 9.95. The zero-order valence-electron chi connectivity index (χ0n) is 6.60. The first-order chi connectivity index (χ1) is 6.45. The summed E-state index contributed by atoms with van der Waals surface area (Å²) < 4.78 is -1.58. The van der Waals surface area contributed by atoms with E-state index in [1.54, 1.807) is 0 Å². The van der Waals surface area contributed by atoms with Crippen LogP contribution in [0.2, 0.25) is 5.02 Å². The zero-order valence-corrected chi connectivity index (χ0v) is 9.62. The number of benzene rings is 1. The van der Waals surface area contributed by atoms with Crippen LogP contribution in [0.5, 0.6) is 0 Å². The standard InChI is InChI=1S/C8H3Cl4NO/c9-7-3-5(13-4-14)1-2-6(7)8(10,11)12/h1-3H. The molecule has 0 atom stereocenters. The van der Waals surface area contributed by atoms with Gasteiger partial charge in [0.15, 0.2) is 0 Å². The van der Waals surface area contributed by atoms with Gasteiger partial charge in [0.05, 0.1) is 10.7 Å². The summed E-state index contributed by atoms with van der Waals surface area (Å²) in [7, 11) is 0. The number of alkyl halides is 3. The molecule has 0 radical (unpaired) electrons. The molecule has 0 fully saturated rings. The van der Waals surface area contributed by atoms with E-state index in [9.17, 15) is 4.79 Å². The van der Waals surface area contributed by atoms with Gasteiger partial charge in [-0.15, -0.1) is 0 Å². The van der Waals surface area contributed by atoms with Crippen molar-refractivity contribution in [1.82, 2.24) is 0 Å². The van der Waals surface area contributed by atoms with Gasteiger partial charge in [-0.3, -0.25) is 0 Å². The van der Waals surface area contributed by atoms with E-state index in [2.05, 4.69) is 4.99 Å². The number of isocyanates is 1. The van der Waals surface area contributed by atoms with Crippen LogP contribution in [0, 0.1) is 0 Å². The average Bonchev–Trinajstić information content (AvgIpc) is 2.02. The maximum absolute atomic E-state index is 9.95. The molecule has 0 aromatic heterocycles. The summed E-state index contributed by atoms with van der Waals surface area (Å²) in [5.41, 5.74) is 0.706. The van der Waals surface area contributed by atoms with Crippen molar-refractivity contribution < 1.29 is 4.79 Å². The van der Waals surface area contributed by atoms with Crippen LogP contribution in [0.3, 0.4) is 0 Å². The molecule has 0 saturated carbocycles. The van der Waals surface area contributed by atoms with E-state index in [4.69, 9.17) is 46.4 Å². The van der Waals surface area contributed by atoms with E-state index in [0.29, 0.717) is 11.3 Å². The predicted octanol–water partition coefficient (Wildman–Crippen LogP) is 4.13. The number of carbonyl (C=O) groups excluding carboxylic acids is 1. The summed E-state index contributed by atoms with van der Waals surface area (Å²) in [6.45, 7) is 0. The van der Waals surface area contributed by atoms with Gasteiger partial charge in [0.1, 0.15) is 0 Å². The molecule has 6 heteroatoms. The number of nitrogens with zero attached hydrogens (tertiary/aromatic N) is 1. The summed E-state index contributed by atoms with van der Waals surface area (Å²) in [6.07, 6.45) is 1.39. The Morgan fingerprint density at radius 2 is 1.93 bits per heavy atom. The van der Waals surface area contributed by atoms with Crippen molar-refractivity contribution in [2.24, 2.45) is 4.99 Å². The summed E-state index contributed by atoms with van der Waals surface area (Å²) in [6, 6.07) is 4.42. The minimum Gasteiger partial charge on any atom is -0.211 e. The van der Waals surface area contributed by atoms with Crippen LogP contribution in [0.1, 0.15) is 5.56 Å². The van der Waals surface area contributed by atoms with Crippen molar-refractivity contribution in [1.29, 1.82) is 0 Å². The van der Waals surface area contributed by atoms with Gasteiger partial charge in [0, 0.05) is 5.56 Å². The van der Waals surface area contributed by atoms with Crippen LogP contribution in [0.25, 0.3) is 0 Å². The second kappa shape index (κ2) is 4.52. The van der Waals surface area contributed by atoms with Gasteiger partial charge in [-0.05, 0) is 12.1 Å². The SMILES string of the molecule is O=C=Nc1ccc(C(Cl)(Cl)Cl)c(Cl)c1. The van der Waals surface area contributed by atoms with Crippen molar-refractivity contribution in [2.45, 2.75) is 3.79 Å². The summed E-state index contributed by atoms with van der Waals surface area (Å²) in [5.74, 6) is 0. The summed E-state index contributed by atoms with van der Waals surface area (Å²) in [5, 5.41) is 0.238. The van der Waals surface area contributed by atoms with E-state index >= 15 is 0 Å². The molecule has 74 valence electrons. The second-order valence-corrected chi connectivity index (χ2v) is 5.05. The minimum absolute atomic E-state index is 0.238. The molecule has 0 saturated heterocycles. The predicted molar refractivity (Wildman–Crippen MR) is 58.5 cm³/mol. The lowest BCUT2D eigenvalue weighted by molar-refractivity contribution is 0.565. The molecule has 0 unspecified atom stereocenters. The number of hydrogen-bond donors (Lipinski definition) is 0. The van der Waals surface area contributed by atoms with E-state index in [1.807, 2.05) is 0 Å². The normalized spacial score (nSPS) is 10.9. The monoisotopic (exact) mass is 269 g/mol. The van der Waals surface area contributed by atoms with Crippen LogP contribution in [-0.4, -0.2) is 6.08 Å². The molecule has 1 aromatic rings. The quantitative estimate of drug-likeness (QED) is 0.429. The molecule has 0 aliphatic carbocycles. The van der Waals surface area contributed by atoms with Crippen LogP contribution < -0.4 is 0 Å². The highest BCUT2D eigenvalue weighted by Crippen LogP contribution is 2.42. The third-order valence-corrected chi connectivity index (χ3v) is 2.36. The van der Waals surface area contributed by atoms with Gasteiger partial charge >= 0.3 is 0 Å². The van der Waals surface area contributed by atoms with Crippen LogP contribution in [0.4, 0.5) is 5.69 Å². The van der Waals surface area contributed by atoms with E-state index in [0.717, 1.165) is 0 Å². The highest BCUT2D eigenvalue weighted by atomic mass is 35.6. The van der Waals surface area contributed by atoms with Crippen molar-refractivity contribution in [3.8, 4) is 0 Å². The molecular formula is C8H3Cl4NO. The Balaban J connectivity index is 3.20. The molecule has 14 heavy (non-hydrogen) atoms. The van der Waals surface area contributed by atoms with E-state index < -0.39 is 3.79 Å². The van der Waals surface area contributed by atoms with Gasteiger partial charge in [-0.25, -0.2) is 4.79 Å². The summed E-state index contributed by atoms with van der Waals surface area (Å²) >= 11 is 22.7. The molecule has 2 nitrogen and oxygen atoms in total. The van der Waals surface area contributed by atoms with Crippen molar-refractivity contribution in [3.05, 3.63) is 28.8 Å². The highest BCUT2D eigenvalue weighted by Gasteiger charge is 2.25. The molecule has 0 aliphatic rings. The molecule has 1 aromatic carbocycles. The molecule has 0 aliphatic heterocycles. The van der Waals surface area contributed by atoms with E-state index in [1.165, 1.54) is 24.3 Å². The number of aliphatic imine (C=N–C) groups is 1. The third kappa shape index (κ3) is 2.88. The van der Waals surface area contributed by atoms with Gasteiger partial charge < -0.3 is 0 Å². The van der Waals surface area contributed by atoms with Crippen molar-refractivity contribution in [2.75, 3.05) is 0 Å². The minimum atomic E-state index is -1.58. The number of halogens is 4. The zero-order chi connectivity index (χ0) is 10.8. The number of hydrogen-bond acceptors (Lipinski definition) is 2. The Hall–Kier alpha value is -0.240. The number of rotatable bonds is 1. The fourth-order valence-electron chi connectivity index (χ4n) is 0.856. The fraction of sp³-hybridized carbons (Fsp3) is 0.125. The Kier molecular flexibility index (Phi) is 3.82. The molecule has 0 N–H and O–H groups in total. The lowest BCUT2D eigenvalue weighted by Crippen LogP contribution is -2.00. The third-order valence-electron chi connectivity index (χ3n) is 1.43.